The largest absolute Gasteiger partial charge is 0.289 e. The molecule has 6 nitrogen and oxygen atoms in total. The molecule has 0 saturated carbocycles. The molecule has 1 heterocycles. The number of hydrogen-bond acceptors (Lipinski definition) is 5. The monoisotopic (exact) mass is 359 g/mol. The molecule has 27 heavy (non-hydrogen) atoms. The van der Waals surface area contributed by atoms with Crippen LogP contribution in [0.1, 0.15) is 32.0 Å². The average molecular weight is 359 g/mol. The van der Waals surface area contributed by atoms with E-state index in [4.69, 9.17) is 0 Å². The molecule has 0 aliphatic carbocycles. The van der Waals surface area contributed by atoms with E-state index in [2.05, 4.69) is 10.3 Å². The van der Waals surface area contributed by atoms with Crippen LogP contribution >= 0.6 is 0 Å². The Labute approximate surface area is 155 Å². The third-order valence-corrected chi connectivity index (χ3v) is 4.16. The van der Waals surface area contributed by atoms with Gasteiger partial charge in [-0.15, -0.1) is 4.91 Å². The van der Waals surface area contributed by atoms with E-state index < -0.39 is 5.91 Å². The second-order valence-electron chi connectivity index (χ2n) is 5.95. The lowest BCUT2D eigenvalue weighted by Crippen LogP contribution is -2.21. The van der Waals surface area contributed by atoms with Crippen molar-refractivity contribution >= 4 is 22.6 Å². The van der Waals surface area contributed by atoms with Crippen LogP contribution in [0.5, 0.6) is 0 Å². The van der Waals surface area contributed by atoms with Gasteiger partial charge in [0.25, 0.3) is 5.91 Å². The van der Waals surface area contributed by atoms with Crippen LogP contribution in [0, 0.1) is 11.8 Å². The van der Waals surface area contributed by atoms with Gasteiger partial charge < -0.3 is 0 Å². The van der Waals surface area contributed by atoms with E-state index >= 15 is 0 Å². The van der Waals surface area contributed by atoms with Crippen molar-refractivity contribution in [3.63, 3.8) is 0 Å². The minimum Gasteiger partial charge on any atom is -0.289 e. The van der Waals surface area contributed by atoms with E-state index in [1.54, 1.807) is 37.3 Å². The average Bonchev–Trinajstić information content (AvgIpc) is 2.67. The number of rotatable bonds is 6. The SMILES string of the molecule is Cc1nc2ccccc2c(C(=O)NN=O)c1C(=O)C=CCc1ccccc1. The number of benzene rings is 2. The van der Waals surface area contributed by atoms with Crippen LogP contribution in [0.25, 0.3) is 10.9 Å². The first-order chi connectivity index (χ1) is 13.1. The number of aromatic nitrogens is 1. The zero-order chi connectivity index (χ0) is 19.2. The van der Waals surface area contributed by atoms with Crippen LogP contribution in [0.4, 0.5) is 0 Å². The van der Waals surface area contributed by atoms with Crippen molar-refractivity contribution in [2.24, 2.45) is 5.29 Å². The number of fused-ring (bicyclic) bond motifs is 1. The van der Waals surface area contributed by atoms with Crippen molar-refractivity contribution in [2.45, 2.75) is 13.3 Å². The number of para-hydroxylation sites is 1. The van der Waals surface area contributed by atoms with Crippen LogP contribution in [0.2, 0.25) is 0 Å². The van der Waals surface area contributed by atoms with Crippen molar-refractivity contribution in [1.29, 1.82) is 0 Å². The van der Waals surface area contributed by atoms with E-state index in [0.29, 0.717) is 23.0 Å². The van der Waals surface area contributed by atoms with Crippen molar-refractivity contribution in [3.8, 4) is 0 Å². The Morgan fingerprint density at radius 1 is 1.04 bits per heavy atom. The molecule has 0 unspecified atom stereocenters. The lowest BCUT2D eigenvalue weighted by atomic mass is 9.96. The van der Waals surface area contributed by atoms with Gasteiger partial charge in [-0.05, 0) is 31.1 Å². The van der Waals surface area contributed by atoms with E-state index in [9.17, 15) is 14.5 Å². The Kier molecular flexibility index (Phi) is 5.47. The number of amides is 1. The molecule has 0 fully saturated rings. The number of allylic oxidation sites excluding steroid dienone is 2. The second kappa shape index (κ2) is 8.14. The number of pyridine rings is 1. The highest BCUT2D eigenvalue weighted by Gasteiger charge is 2.22. The molecule has 0 spiro atoms. The summed E-state index contributed by atoms with van der Waals surface area (Å²) in [4.78, 5) is 40.2. The summed E-state index contributed by atoms with van der Waals surface area (Å²) in [7, 11) is 0. The molecule has 3 aromatic rings. The lowest BCUT2D eigenvalue weighted by molar-refractivity contribution is 0.0944. The van der Waals surface area contributed by atoms with Crippen molar-refractivity contribution in [3.05, 3.63) is 94.0 Å². The zero-order valence-electron chi connectivity index (χ0n) is 14.7. The summed E-state index contributed by atoms with van der Waals surface area (Å²) in [5.41, 5.74) is 4.20. The van der Waals surface area contributed by atoms with E-state index in [1.165, 1.54) is 6.08 Å². The summed E-state index contributed by atoms with van der Waals surface area (Å²) in [6.45, 7) is 1.66. The van der Waals surface area contributed by atoms with Crippen LogP contribution in [-0.2, 0) is 6.42 Å². The smallest absolute Gasteiger partial charge is 0.275 e. The van der Waals surface area contributed by atoms with Gasteiger partial charge in [-0.3, -0.25) is 14.6 Å². The summed E-state index contributed by atoms with van der Waals surface area (Å²) in [6, 6.07) is 16.7. The maximum absolute atomic E-state index is 12.8. The molecular weight excluding hydrogens is 342 g/mol. The van der Waals surface area contributed by atoms with Gasteiger partial charge in [-0.25, -0.2) is 5.43 Å². The molecule has 0 radical (unpaired) electrons. The number of ketones is 1. The highest BCUT2D eigenvalue weighted by atomic mass is 16.3. The quantitative estimate of drug-likeness (QED) is 0.312. The summed E-state index contributed by atoms with van der Waals surface area (Å²) in [6.07, 6.45) is 3.76. The third kappa shape index (κ3) is 3.95. The van der Waals surface area contributed by atoms with Crippen LogP contribution in [0.15, 0.2) is 72.0 Å². The molecule has 1 amide bonds. The van der Waals surface area contributed by atoms with Crippen molar-refractivity contribution in [2.75, 3.05) is 0 Å². The molecule has 1 N–H and O–H groups in total. The minimum atomic E-state index is -0.730. The van der Waals surface area contributed by atoms with Crippen molar-refractivity contribution in [1.82, 2.24) is 10.4 Å². The van der Waals surface area contributed by atoms with Crippen LogP contribution < -0.4 is 5.43 Å². The maximum Gasteiger partial charge on any atom is 0.275 e. The minimum absolute atomic E-state index is 0.104. The fourth-order valence-electron chi connectivity index (χ4n) is 2.97. The first-order valence-electron chi connectivity index (χ1n) is 8.38. The highest BCUT2D eigenvalue weighted by molar-refractivity contribution is 6.18. The van der Waals surface area contributed by atoms with Gasteiger partial charge in [-0.1, -0.05) is 54.6 Å². The Bertz CT molecular complexity index is 1040. The lowest BCUT2D eigenvalue weighted by Gasteiger charge is -2.11. The van der Waals surface area contributed by atoms with Gasteiger partial charge in [0.15, 0.2) is 5.78 Å². The molecule has 0 aliphatic rings. The number of nitroso groups, excluding NO2 is 1. The molecule has 3 rings (SSSR count). The second-order valence-corrected chi connectivity index (χ2v) is 5.95. The Balaban J connectivity index is 2.02. The molecule has 0 bridgehead atoms. The first-order valence-corrected chi connectivity index (χ1v) is 8.38. The molecule has 1 aromatic heterocycles. The number of nitrogens with zero attached hydrogens (tertiary/aromatic N) is 2. The predicted octanol–water partition coefficient (Wildman–Crippen LogP) is 3.94. The molecule has 0 saturated heterocycles. The zero-order valence-corrected chi connectivity index (χ0v) is 14.7. The fourth-order valence-corrected chi connectivity index (χ4v) is 2.97. The Hall–Kier alpha value is -3.67. The van der Waals surface area contributed by atoms with Crippen LogP contribution in [0.3, 0.4) is 0 Å². The fraction of sp³-hybridized carbons (Fsp3) is 0.0952. The maximum atomic E-state index is 12.8. The van der Waals surface area contributed by atoms with Gasteiger partial charge in [0.05, 0.1) is 21.9 Å². The van der Waals surface area contributed by atoms with Crippen molar-refractivity contribution < 1.29 is 9.59 Å². The molecule has 2 aromatic carbocycles. The van der Waals surface area contributed by atoms with Gasteiger partial charge in [0.1, 0.15) is 0 Å². The number of carbonyl (C=O) groups excluding carboxylic acids is 2. The number of nitrogens with one attached hydrogen (secondary N) is 1. The Morgan fingerprint density at radius 3 is 2.48 bits per heavy atom. The first kappa shape index (κ1) is 18.1. The molecule has 0 atom stereocenters. The Morgan fingerprint density at radius 2 is 1.74 bits per heavy atom. The summed E-state index contributed by atoms with van der Waals surface area (Å²) >= 11 is 0. The number of hydrogen-bond donors (Lipinski definition) is 1. The third-order valence-electron chi connectivity index (χ3n) is 4.16. The predicted molar refractivity (Wildman–Crippen MR) is 103 cm³/mol. The topological polar surface area (TPSA) is 88.5 Å². The molecule has 0 aliphatic heterocycles. The van der Waals surface area contributed by atoms with Gasteiger partial charge in [-0.2, -0.15) is 0 Å². The van der Waals surface area contributed by atoms with E-state index in [1.807, 2.05) is 35.8 Å². The highest BCUT2D eigenvalue weighted by Crippen LogP contribution is 2.24. The van der Waals surface area contributed by atoms with E-state index in [0.717, 1.165) is 5.56 Å². The number of carbonyl (C=O) groups is 2. The van der Waals surface area contributed by atoms with Crippen LogP contribution in [-0.4, -0.2) is 16.7 Å². The standard InChI is InChI=1S/C21H17N3O3/c1-14-19(18(25)13-7-10-15-8-3-2-4-9-15)20(21(26)23-24-27)16-11-5-6-12-17(16)22-14/h2-9,11-13H,10H2,1H3,(H,23,26,27). The van der Waals surface area contributed by atoms with Gasteiger partial charge in [0, 0.05) is 11.1 Å². The molecular formula is C21H17N3O3. The van der Waals surface area contributed by atoms with Gasteiger partial charge in [0.2, 0.25) is 0 Å². The summed E-state index contributed by atoms with van der Waals surface area (Å²) in [5, 5.41) is 2.94. The normalized spacial score (nSPS) is 10.9. The summed E-state index contributed by atoms with van der Waals surface area (Å²) < 4.78 is 0. The summed E-state index contributed by atoms with van der Waals surface area (Å²) in [5.74, 6) is -1.08. The number of aryl methyl sites for hydroxylation is 1. The van der Waals surface area contributed by atoms with E-state index in [-0.39, 0.29) is 16.9 Å². The van der Waals surface area contributed by atoms with Gasteiger partial charge >= 0.3 is 0 Å². The molecule has 6 heteroatoms. The molecule has 134 valence electrons.